The van der Waals surface area contributed by atoms with Gasteiger partial charge in [-0.1, -0.05) is 0 Å². The van der Waals surface area contributed by atoms with Crippen molar-refractivity contribution in [1.82, 2.24) is 0 Å². The molecule has 8 heavy (non-hydrogen) atoms. The zero-order chi connectivity index (χ0) is 4.50. The van der Waals surface area contributed by atoms with Crippen LogP contribution in [0.25, 0.3) is 0 Å². The molecule has 39 valence electrons. The van der Waals surface area contributed by atoms with Gasteiger partial charge in [0.05, 0.1) is 0 Å². The first-order valence-corrected chi connectivity index (χ1v) is 2.35. The van der Waals surface area contributed by atoms with Crippen LogP contribution in [0.4, 0.5) is 0 Å². The van der Waals surface area contributed by atoms with Crippen LogP contribution in [0.3, 0.4) is 0 Å². The van der Waals surface area contributed by atoms with Gasteiger partial charge in [-0.3, -0.25) is 0 Å². The van der Waals surface area contributed by atoms with Gasteiger partial charge in [0.1, 0.15) is 0 Å². The van der Waals surface area contributed by atoms with E-state index in [4.69, 9.17) is 19.2 Å². The average molecular weight is 253 g/mol. The SMILES string of the molecule is O=P(O)(O)O.[H-].[H-].[La].[Li+].[Li+]. The van der Waals surface area contributed by atoms with E-state index in [1.807, 2.05) is 0 Å². The van der Waals surface area contributed by atoms with Gasteiger partial charge in [0, 0.05) is 35.6 Å². The van der Waals surface area contributed by atoms with E-state index in [0.717, 1.165) is 0 Å². The van der Waals surface area contributed by atoms with E-state index < -0.39 is 7.82 Å². The van der Waals surface area contributed by atoms with E-state index >= 15 is 0 Å². The van der Waals surface area contributed by atoms with Crippen molar-refractivity contribution >= 4 is 7.82 Å². The molecule has 0 aliphatic carbocycles. The van der Waals surface area contributed by atoms with Crippen LogP contribution in [0.1, 0.15) is 2.85 Å². The first-order valence-electron chi connectivity index (χ1n) is 0.783. The summed E-state index contributed by atoms with van der Waals surface area (Å²) in [5.74, 6) is 0. The molecule has 8 heteroatoms. The Labute approximate surface area is 102 Å². The van der Waals surface area contributed by atoms with Gasteiger partial charge in [-0.2, -0.15) is 0 Å². The molecule has 0 aliphatic heterocycles. The second-order valence-corrected chi connectivity index (χ2v) is 1.54. The Morgan fingerprint density at radius 3 is 1.12 bits per heavy atom. The third-order valence-corrected chi connectivity index (χ3v) is 0. The summed E-state index contributed by atoms with van der Waals surface area (Å²) in [5, 5.41) is 0. The summed E-state index contributed by atoms with van der Waals surface area (Å²) in [6.45, 7) is 0. The Kier molecular flexibility index (Phi) is 26.6. The van der Waals surface area contributed by atoms with E-state index in [0.29, 0.717) is 0 Å². The fourth-order valence-corrected chi connectivity index (χ4v) is 0. The number of phosphoric acid groups is 1. The number of hydrogen-bond acceptors (Lipinski definition) is 1. The Balaban J connectivity index is -0.00000000800. The smallest absolute Gasteiger partial charge is 1.00 e. The second kappa shape index (κ2) is 9.50. The van der Waals surface area contributed by atoms with E-state index in [2.05, 4.69) is 0 Å². The minimum Gasteiger partial charge on any atom is -1.00 e. The summed E-state index contributed by atoms with van der Waals surface area (Å²) < 4.78 is 8.88. The van der Waals surface area contributed by atoms with Gasteiger partial charge in [-0.05, 0) is 0 Å². The molecular weight excluding hydrogens is 248 g/mol. The molecule has 1 radical (unpaired) electrons. The molecule has 0 spiro atoms. The van der Waals surface area contributed by atoms with Gasteiger partial charge in [-0.25, -0.2) is 4.57 Å². The molecule has 0 heterocycles. The Morgan fingerprint density at radius 1 is 1.12 bits per heavy atom. The Bertz CT molecular complexity index is 67.4. The molecule has 4 nitrogen and oxygen atoms in total. The molecule has 0 bridgehead atoms. The Morgan fingerprint density at radius 2 is 1.12 bits per heavy atom. The molecule has 0 unspecified atom stereocenters. The van der Waals surface area contributed by atoms with Crippen molar-refractivity contribution in [1.29, 1.82) is 0 Å². The summed E-state index contributed by atoms with van der Waals surface area (Å²) in [6.07, 6.45) is 0. The van der Waals surface area contributed by atoms with Crippen molar-refractivity contribution in [3.63, 3.8) is 0 Å². The zero-order valence-corrected chi connectivity index (χ0v) is 9.29. The maximum Gasteiger partial charge on any atom is 1.00 e. The molecule has 0 aromatic carbocycles. The van der Waals surface area contributed by atoms with Crippen molar-refractivity contribution in [3.05, 3.63) is 0 Å². The van der Waals surface area contributed by atoms with Crippen molar-refractivity contribution in [2.24, 2.45) is 0 Å². The molecule has 0 fully saturated rings. The fourth-order valence-electron chi connectivity index (χ4n) is 0. The summed E-state index contributed by atoms with van der Waals surface area (Å²) >= 11 is 0. The summed E-state index contributed by atoms with van der Waals surface area (Å²) in [6, 6.07) is 0. The average Bonchev–Trinajstić information content (AvgIpc) is 0.722. The Hall–Kier alpha value is 2.50. The van der Waals surface area contributed by atoms with Crippen LogP contribution in [0, 0.1) is 35.6 Å². The quantitative estimate of drug-likeness (QED) is 0.296. The largest absolute Gasteiger partial charge is 1.00 e. The maximum atomic E-state index is 8.88. The minimum atomic E-state index is -4.64. The molecule has 0 aromatic heterocycles. The van der Waals surface area contributed by atoms with Crippen LogP contribution in [-0.2, 0) is 4.57 Å². The van der Waals surface area contributed by atoms with Gasteiger partial charge in [0.25, 0.3) is 0 Å². The first kappa shape index (κ1) is 22.4. The zero-order valence-electron chi connectivity index (χ0n) is 6.77. The predicted octanol–water partition coefficient (Wildman–Crippen LogP) is -6.70. The normalized spacial score (nSPS) is 7.38. The third-order valence-electron chi connectivity index (χ3n) is 0. The van der Waals surface area contributed by atoms with Crippen LogP contribution in [0.15, 0.2) is 0 Å². The fraction of sp³-hybridized carbons (Fsp3) is 0. The third kappa shape index (κ3) is 76.5. The molecule has 0 aliphatic rings. The van der Waals surface area contributed by atoms with Crippen molar-refractivity contribution < 1.29 is 95.4 Å². The maximum absolute atomic E-state index is 8.88. The van der Waals surface area contributed by atoms with E-state index in [1.165, 1.54) is 0 Å². The van der Waals surface area contributed by atoms with Gasteiger partial charge in [0.15, 0.2) is 0 Å². The molecular formula is H5LaLi2O4P. The molecule has 0 atom stereocenters. The van der Waals surface area contributed by atoms with Crippen molar-refractivity contribution in [2.45, 2.75) is 0 Å². The van der Waals surface area contributed by atoms with Crippen LogP contribution in [0.5, 0.6) is 0 Å². The van der Waals surface area contributed by atoms with Crippen LogP contribution in [0.2, 0.25) is 0 Å². The molecule has 3 N–H and O–H groups in total. The summed E-state index contributed by atoms with van der Waals surface area (Å²) in [4.78, 5) is 21.6. The minimum absolute atomic E-state index is 0. The van der Waals surface area contributed by atoms with Gasteiger partial charge < -0.3 is 17.5 Å². The monoisotopic (exact) mass is 253 g/mol. The van der Waals surface area contributed by atoms with E-state index in [9.17, 15) is 0 Å². The second-order valence-electron chi connectivity index (χ2n) is 0.513. The van der Waals surface area contributed by atoms with E-state index in [1.54, 1.807) is 0 Å². The van der Waals surface area contributed by atoms with Crippen LogP contribution in [-0.4, -0.2) is 14.7 Å². The summed E-state index contributed by atoms with van der Waals surface area (Å²) in [5.41, 5.74) is 0. The topological polar surface area (TPSA) is 77.8 Å². The molecule has 0 amide bonds. The molecule has 0 aromatic rings. The van der Waals surface area contributed by atoms with Crippen LogP contribution < -0.4 is 37.7 Å². The number of hydrogen-bond donors (Lipinski definition) is 3. The molecule has 0 saturated heterocycles. The standard InChI is InChI=1S/La.2Li.H3O4P.2H/c;;;1-5(2,3)4;;/h;;;(H3,1,2,3,4);;/q;2*+1;;2*-1. The molecule has 0 saturated carbocycles. The first-order chi connectivity index (χ1) is 2.00. The number of rotatable bonds is 0. The van der Waals surface area contributed by atoms with Crippen LogP contribution >= 0.6 is 7.82 Å². The summed E-state index contributed by atoms with van der Waals surface area (Å²) in [7, 11) is -4.64. The van der Waals surface area contributed by atoms with E-state index in [-0.39, 0.29) is 76.2 Å². The van der Waals surface area contributed by atoms with Gasteiger partial charge in [-0.15, -0.1) is 0 Å². The van der Waals surface area contributed by atoms with Crippen molar-refractivity contribution in [2.75, 3.05) is 0 Å². The molecule has 0 rings (SSSR count). The van der Waals surface area contributed by atoms with Crippen molar-refractivity contribution in [3.8, 4) is 0 Å². The van der Waals surface area contributed by atoms with Gasteiger partial charge in [0.2, 0.25) is 0 Å². The predicted molar refractivity (Wildman–Crippen MR) is 16.5 cm³/mol. The van der Waals surface area contributed by atoms with Gasteiger partial charge >= 0.3 is 45.5 Å².